The van der Waals surface area contributed by atoms with E-state index in [-0.39, 0.29) is 11.4 Å². The molecule has 4 heterocycles. The average molecular weight is 600 g/mol. The van der Waals surface area contributed by atoms with E-state index in [4.69, 9.17) is 21.1 Å². The Morgan fingerprint density at radius 1 is 1.12 bits per heavy atom. The minimum absolute atomic E-state index is 0.0814. The fourth-order valence-corrected chi connectivity index (χ4v) is 6.86. The van der Waals surface area contributed by atoms with Crippen LogP contribution in [0, 0.1) is 6.92 Å². The number of likely N-dealkylation sites (N-methyl/N-ethyl adjacent to an activating group) is 1. The second-order valence-corrected chi connectivity index (χ2v) is 14.0. The number of benzene rings is 1. The van der Waals surface area contributed by atoms with Crippen LogP contribution in [0.15, 0.2) is 29.6 Å². The van der Waals surface area contributed by atoms with Crippen LogP contribution in [-0.4, -0.2) is 72.9 Å². The van der Waals surface area contributed by atoms with E-state index in [1.54, 1.807) is 24.1 Å². The molecule has 2 saturated heterocycles. The molecule has 3 aliphatic rings. The van der Waals surface area contributed by atoms with Crippen LogP contribution in [0.5, 0.6) is 5.75 Å². The van der Waals surface area contributed by atoms with Crippen molar-refractivity contribution < 1.29 is 14.0 Å². The number of hydrogen-bond acceptors (Lipinski definition) is 9. The van der Waals surface area contributed by atoms with Gasteiger partial charge < -0.3 is 24.7 Å². The SMILES string of the molecule is Cc1cc(Nc2ncc(Cl)c(Nc3cn(C)nc3[S+]([O-])C(C)C)n2)c(OC2CC2)cc1C1CC2COCC(C1)N2C. The van der Waals surface area contributed by atoms with Crippen molar-refractivity contribution in [3.63, 3.8) is 0 Å². The average Bonchev–Trinajstić information content (AvgIpc) is 3.66. The molecule has 2 aromatic heterocycles. The second-order valence-electron chi connectivity index (χ2n) is 11.7. The molecule has 1 saturated carbocycles. The summed E-state index contributed by atoms with van der Waals surface area (Å²) in [5.41, 5.74) is 3.98. The number of hydrogen-bond donors (Lipinski definition) is 2. The Labute approximate surface area is 249 Å². The van der Waals surface area contributed by atoms with E-state index in [1.807, 2.05) is 13.8 Å². The van der Waals surface area contributed by atoms with Crippen LogP contribution in [0.1, 0.15) is 56.6 Å². The summed E-state index contributed by atoms with van der Waals surface area (Å²) in [6.45, 7) is 7.56. The van der Waals surface area contributed by atoms with Gasteiger partial charge in [-0.3, -0.25) is 9.58 Å². The molecule has 10 nitrogen and oxygen atoms in total. The van der Waals surface area contributed by atoms with E-state index >= 15 is 0 Å². The fraction of sp³-hybridized carbons (Fsp3) is 0.552. The maximum Gasteiger partial charge on any atom is 0.286 e. The fourth-order valence-electron chi connectivity index (χ4n) is 5.74. The Kier molecular flexibility index (Phi) is 8.08. The van der Waals surface area contributed by atoms with Crippen molar-refractivity contribution in [2.75, 3.05) is 30.9 Å². The van der Waals surface area contributed by atoms with Crippen molar-refractivity contribution >= 4 is 45.9 Å². The van der Waals surface area contributed by atoms with Crippen LogP contribution in [0.2, 0.25) is 5.02 Å². The standard InChI is InChI=1S/C29H38ClN7O3S/c1-16(2)41(38)28-25(13-36(4)35-28)32-27-23(30)12-31-29(34-27)33-24-8-17(3)22(11-26(24)40-21-6-7-21)18-9-19-14-39-15-20(10-18)37(19)5/h8,11-13,16,18-21H,6-7,9-10,14-15H2,1-5H3,(H2,31,32,33,34). The lowest BCUT2D eigenvalue weighted by molar-refractivity contribution is -0.0654. The highest BCUT2D eigenvalue weighted by Crippen LogP contribution is 2.43. The molecule has 41 heavy (non-hydrogen) atoms. The zero-order valence-electron chi connectivity index (χ0n) is 24.2. The number of aryl methyl sites for hydroxylation is 2. The highest BCUT2D eigenvalue weighted by Gasteiger charge is 2.38. The zero-order valence-corrected chi connectivity index (χ0v) is 25.8. The van der Waals surface area contributed by atoms with Gasteiger partial charge in [0.1, 0.15) is 21.7 Å². The minimum atomic E-state index is -1.28. The first-order valence-electron chi connectivity index (χ1n) is 14.3. The maximum atomic E-state index is 12.8. The molecular formula is C29H38ClN7O3S. The summed E-state index contributed by atoms with van der Waals surface area (Å²) >= 11 is 5.21. The Bertz CT molecular complexity index is 1400. The number of halogens is 1. The van der Waals surface area contributed by atoms with E-state index in [0.29, 0.717) is 45.5 Å². The van der Waals surface area contributed by atoms with E-state index in [2.05, 4.69) is 56.7 Å². The van der Waals surface area contributed by atoms with Gasteiger partial charge in [0.15, 0.2) is 5.82 Å². The lowest BCUT2D eigenvalue weighted by atomic mass is 9.79. The van der Waals surface area contributed by atoms with Crippen LogP contribution in [0.25, 0.3) is 0 Å². The normalized spacial score (nSPS) is 23.5. The van der Waals surface area contributed by atoms with Gasteiger partial charge in [-0.25, -0.2) is 4.98 Å². The van der Waals surface area contributed by atoms with Gasteiger partial charge in [0.2, 0.25) is 5.95 Å². The molecule has 0 radical (unpaired) electrons. The molecule has 2 bridgehead atoms. The third-order valence-corrected chi connectivity index (χ3v) is 9.98. The van der Waals surface area contributed by atoms with Crippen LogP contribution in [-0.2, 0) is 23.0 Å². The molecule has 2 aliphatic heterocycles. The lowest BCUT2D eigenvalue weighted by Gasteiger charge is -2.47. The molecule has 3 fully saturated rings. The van der Waals surface area contributed by atoms with Crippen LogP contribution < -0.4 is 15.4 Å². The number of fused-ring (bicyclic) bond motifs is 2. The molecule has 12 heteroatoms. The number of ether oxygens (including phenoxy) is 2. The molecular weight excluding hydrogens is 562 g/mol. The predicted molar refractivity (Wildman–Crippen MR) is 161 cm³/mol. The molecule has 3 unspecified atom stereocenters. The topological polar surface area (TPSA) is 112 Å². The quantitative estimate of drug-likeness (QED) is 0.317. The number of rotatable bonds is 9. The summed E-state index contributed by atoms with van der Waals surface area (Å²) in [5, 5.41) is 11.7. The number of piperidine rings is 1. The molecule has 0 spiro atoms. The molecule has 3 atom stereocenters. The van der Waals surface area contributed by atoms with Crippen molar-refractivity contribution in [2.45, 2.75) is 80.8 Å². The van der Waals surface area contributed by atoms with Crippen LogP contribution >= 0.6 is 11.6 Å². The number of nitrogens with zero attached hydrogens (tertiary/aromatic N) is 5. The van der Waals surface area contributed by atoms with Crippen molar-refractivity contribution in [1.29, 1.82) is 0 Å². The predicted octanol–water partition coefficient (Wildman–Crippen LogP) is 5.29. The maximum absolute atomic E-state index is 12.8. The summed E-state index contributed by atoms with van der Waals surface area (Å²) in [6.07, 6.45) is 7.85. The Morgan fingerprint density at radius 3 is 2.54 bits per heavy atom. The summed E-state index contributed by atoms with van der Waals surface area (Å²) < 4.78 is 26.7. The van der Waals surface area contributed by atoms with Gasteiger partial charge in [0, 0.05) is 30.3 Å². The molecule has 1 aromatic carbocycles. The van der Waals surface area contributed by atoms with Gasteiger partial charge in [0.25, 0.3) is 5.03 Å². The number of morpholine rings is 1. The van der Waals surface area contributed by atoms with Gasteiger partial charge in [-0.05, 0) is 82.7 Å². The zero-order chi connectivity index (χ0) is 28.8. The summed E-state index contributed by atoms with van der Waals surface area (Å²) in [6, 6.07) is 5.27. The third kappa shape index (κ3) is 6.15. The van der Waals surface area contributed by atoms with Crippen LogP contribution in [0.4, 0.5) is 23.1 Å². The smallest absolute Gasteiger partial charge is 0.286 e. The monoisotopic (exact) mass is 599 g/mol. The van der Waals surface area contributed by atoms with E-state index < -0.39 is 11.2 Å². The van der Waals surface area contributed by atoms with Gasteiger partial charge in [-0.2, -0.15) is 4.98 Å². The molecule has 3 aromatic rings. The molecule has 2 N–H and O–H groups in total. The third-order valence-electron chi connectivity index (χ3n) is 8.17. The van der Waals surface area contributed by atoms with Gasteiger partial charge in [-0.15, -0.1) is 5.10 Å². The second kappa shape index (κ2) is 11.6. The first-order chi connectivity index (χ1) is 19.7. The van der Waals surface area contributed by atoms with E-state index in [1.165, 1.54) is 11.1 Å². The van der Waals surface area contributed by atoms with Crippen molar-refractivity contribution in [1.82, 2.24) is 24.6 Å². The Balaban J connectivity index is 1.27. The minimum Gasteiger partial charge on any atom is -0.610 e. The Hall–Kier alpha value is -2.57. The number of aromatic nitrogens is 4. The number of anilines is 4. The lowest BCUT2D eigenvalue weighted by Crippen LogP contribution is -2.54. The Morgan fingerprint density at radius 2 is 1.85 bits per heavy atom. The number of nitrogens with one attached hydrogen (secondary N) is 2. The summed E-state index contributed by atoms with van der Waals surface area (Å²) in [5.74, 6) is 2.07. The summed E-state index contributed by atoms with van der Waals surface area (Å²) in [7, 11) is 4.02. The van der Waals surface area contributed by atoms with Gasteiger partial charge >= 0.3 is 0 Å². The van der Waals surface area contributed by atoms with Crippen molar-refractivity contribution in [2.24, 2.45) is 7.05 Å². The molecule has 220 valence electrons. The summed E-state index contributed by atoms with van der Waals surface area (Å²) in [4.78, 5) is 11.6. The first kappa shape index (κ1) is 28.5. The molecule has 6 rings (SSSR count). The van der Waals surface area contributed by atoms with E-state index in [0.717, 1.165) is 50.3 Å². The largest absolute Gasteiger partial charge is 0.610 e. The van der Waals surface area contributed by atoms with Crippen molar-refractivity contribution in [3.8, 4) is 5.75 Å². The van der Waals surface area contributed by atoms with Crippen LogP contribution in [0.3, 0.4) is 0 Å². The highest BCUT2D eigenvalue weighted by molar-refractivity contribution is 7.92. The molecule has 0 amide bonds. The van der Waals surface area contributed by atoms with Crippen molar-refractivity contribution in [3.05, 3.63) is 40.7 Å². The first-order valence-corrected chi connectivity index (χ1v) is 15.9. The van der Waals surface area contributed by atoms with Gasteiger partial charge in [-0.1, -0.05) is 11.6 Å². The van der Waals surface area contributed by atoms with Gasteiger partial charge in [0.05, 0.1) is 37.4 Å². The molecule has 1 aliphatic carbocycles. The highest BCUT2D eigenvalue weighted by atomic mass is 35.5. The van der Waals surface area contributed by atoms with E-state index in [9.17, 15) is 4.55 Å².